The van der Waals surface area contributed by atoms with Gasteiger partial charge in [0.15, 0.2) is 0 Å². The zero-order valence-electron chi connectivity index (χ0n) is 12.6. The van der Waals surface area contributed by atoms with Crippen molar-refractivity contribution in [2.24, 2.45) is 5.92 Å². The maximum absolute atomic E-state index is 12.3. The number of hydrogen-bond acceptors (Lipinski definition) is 4. The van der Waals surface area contributed by atoms with Gasteiger partial charge >= 0.3 is 0 Å². The van der Waals surface area contributed by atoms with E-state index in [4.69, 9.17) is 0 Å². The predicted octanol–water partition coefficient (Wildman–Crippen LogP) is 3.35. The number of amides is 1. The minimum absolute atomic E-state index is 0.0825. The molecule has 0 aliphatic rings. The molecule has 118 valence electrons. The van der Waals surface area contributed by atoms with E-state index in [0.717, 1.165) is 33.7 Å². The molecule has 0 saturated carbocycles. The molecule has 0 aliphatic heterocycles. The van der Waals surface area contributed by atoms with E-state index in [1.807, 2.05) is 44.3 Å². The Bertz CT molecular complexity index is 669. The van der Waals surface area contributed by atoms with E-state index in [1.165, 1.54) is 0 Å². The van der Waals surface area contributed by atoms with Gasteiger partial charge in [-0.2, -0.15) is 0 Å². The molecular weight excluding hydrogens is 316 g/mol. The van der Waals surface area contributed by atoms with Crippen molar-refractivity contribution < 1.29 is 9.59 Å². The smallest absolute Gasteiger partial charge is 0.225 e. The summed E-state index contributed by atoms with van der Waals surface area (Å²) in [6, 6.07) is 7.35. The second-order valence-corrected chi connectivity index (χ2v) is 6.51. The Labute approximate surface area is 139 Å². The molecule has 4 nitrogen and oxygen atoms in total. The Morgan fingerprint density at radius 1 is 1.36 bits per heavy atom. The number of thiol groups is 1. The highest BCUT2D eigenvalue weighted by Gasteiger charge is 2.25. The van der Waals surface area contributed by atoms with Crippen LogP contribution in [0, 0.1) is 5.92 Å². The van der Waals surface area contributed by atoms with Crippen LogP contribution in [-0.2, 0) is 16.0 Å². The first-order valence-corrected chi connectivity index (χ1v) is 9.13. The average molecular weight is 336 g/mol. The third-order valence-electron chi connectivity index (χ3n) is 3.90. The monoisotopic (exact) mass is 336 g/mol. The molecule has 2 rings (SSSR count). The summed E-state index contributed by atoms with van der Waals surface area (Å²) in [5.41, 5.74) is 1.94. The fourth-order valence-corrected chi connectivity index (χ4v) is 3.15. The lowest BCUT2D eigenvalue weighted by molar-refractivity contribution is -0.125. The first kappa shape index (κ1) is 17.0. The minimum atomic E-state index is -0.495. The average Bonchev–Trinajstić information content (AvgIpc) is 2.94. The van der Waals surface area contributed by atoms with Crippen molar-refractivity contribution in [1.82, 2.24) is 10.3 Å². The lowest BCUT2D eigenvalue weighted by atomic mass is 10.00. The van der Waals surface area contributed by atoms with Gasteiger partial charge in [0.1, 0.15) is 6.04 Å². The molecule has 0 unspecified atom stereocenters. The first-order valence-electron chi connectivity index (χ1n) is 7.26. The molecule has 0 aliphatic carbocycles. The summed E-state index contributed by atoms with van der Waals surface area (Å²) in [6.07, 6.45) is 2.91. The van der Waals surface area contributed by atoms with Gasteiger partial charge in [-0.15, -0.1) is 11.7 Å². The molecule has 0 bridgehead atoms. The normalized spacial score (nSPS) is 13.8. The predicted molar refractivity (Wildman–Crippen MR) is 95.0 cm³/mol. The largest absolute Gasteiger partial charge is 0.361 e. The van der Waals surface area contributed by atoms with Crippen LogP contribution in [0.3, 0.4) is 0 Å². The van der Waals surface area contributed by atoms with Crippen molar-refractivity contribution in [3.8, 4) is 0 Å². The number of H-pyrrole nitrogens is 1. The summed E-state index contributed by atoms with van der Waals surface area (Å²) in [5, 5.41) is 3.76. The van der Waals surface area contributed by atoms with Gasteiger partial charge < -0.3 is 10.3 Å². The lowest BCUT2D eigenvalue weighted by Crippen LogP contribution is -2.44. The van der Waals surface area contributed by atoms with Crippen LogP contribution >= 0.6 is 22.5 Å². The zero-order chi connectivity index (χ0) is 16.1. The van der Waals surface area contributed by atoms with Gasteiger partial charge in [0.05, 0.1) is 6.42 Å². The molecule has 0 radical (unpaired) electrons. The van der Waals surface area contributed by atoms with Gasteiger partial charge in [0.2, 0.25) is 11.0 Å². The number of hydrogen-bond donors (Lipinski definition) is 3. The van der Waals surface area contributed by atoms with Crippen LogP contribution < -0.4 is 5.32 Å². The fourth-order valence-electron chi connectivity index (χ4n) is 2.40. The van der Waals surface area contributed by atoms with E-state index in [2.05, 4.69) is 22.0 Å². The van der Waals surface area contributed by atoms with Crippen molar-refractivity contribution >= 4 is 44.4 Å². The van der Waals surface area contributed by atoms with E-state index in [0.29, 0.717) is 0 Å². The van der Waals surface area contributed by atoms with Crippen molar-refractivity contribution in [2.45, 2.75) is 32.7 Å². The first-order chi connectivity index (χ1) is 10.6. The van der Waals surface area contributed by atoms with Crippen LogP contribution in [0.25, 0.3) is 10.9 Å². The molecule has 1 aromatic carbocycles. The highest BCUT2D eigenvalue weighted by atomic mass is 33.1. The SMILES string of the molecule is CC[C@H](C)[C@H](NC(=O)Cc1c[nH]c2ccccc12)C(=O)SS. The second-order valence-electron chi connectivity index (χ2n) is 5.38. The van der Waals surface area contributed by atoms with E-state index in [1.54, 1.807) is 0 Å². The van der Waals surface area contributed by atoms with E-state index >= 15 is 0 Å². The van der Waals surface area contributed by atoms with Crippen LogP contribution in [0.5, 0.6) is 0 Å². The Kier molecular flexibility index (Phi) is 5.97. The van der Waals surface area contributed by atoms with Crippen molar-refractivity contribution in [2.75, 3.05) is 0 Å². The maximum Gasteiger partial charge on any atom is 0.225 e. The number of fused-ring (bicyclic) bond motifs is 1. The Morgan fingerprint density at radius 2 is 2.09 bits per heavy atom. The molecule has 1 amide bonds. The van der Waals surface area contributed by atoms with Gasteiger partial charge in [0.25, 0.3) is 0 Å². The van der Waals surface area contributed by atoms with Crippen LogP contribution in [-0.4, -0.2) is 22.0 Å². The molecule has 1 heterocycles. The highest BCUT2D eigenvalue weighted by Crippen LogP contribution is 2.20. The molecule has 2 aromatic rings. The third-order valence-corrected chi connectivity index (χ3v) is 4.87. The molecule has 0 fully saturated rings. The van der Waals surface area contributed by atoms with Crippen molar-refractivity contribution in [1.29, 1.82) is 0 Å². The number of para-hydroxylation sites is 1. The molecule has 0 saturated heterocycles. The van der Waals surface area contributed by atoms with Crippen LogP contribution in [0.4, 0.5) is 0 Å². The zero-order valence-corrected chi connectivity index (χ0v) is 14.3. The molecule has 1 aromatic heterocycles. The van der Waals surface area contributed by atoms with Gasteiger partial charge in [-0.25, -0.2) is 0 Å². The number of carbonyl (C=O) groups excluding carboxylic acids is 2. The maximum atomic E-state index is 12.3. The summed E-state index contributed by atoms with van der Waals surface area (Å²) in [6.45, 7) is 3.96. The van der Waals surface area contributed by atoms with Crippen LogP contribution in [0.2, 0.25) is 0 Å². The van der Waals surface area contributed by atoms with Crippen molar-refractivity contribution in [3.05, 3.63) is 36.0 Å². The van der Waals surface area contributed by atoms with Gasteiger partial charge in [0, 0.05) is 17.1 Å². The summed E-state index contributed by atoms with van der Waals surface area (Å²) in [4.78, 5) is 27.4. The Morgan fingerprint density at radius 3 is 2.77 bits per heavy atom. The summed E-state index contributed by atoms with van der Waals surface area (Å²) < 4.78 is 0. The summed E-state index contributed by atoms with van der Waals surface area (Å²) in [5.74, 6) is -0.0649. The fraction of sp³-hybridized carbons (Fsp3) is 0.375. The van der Waals surface area contributed by atoms with Gasteiger partial charge in [-0.1, -0.05) is 38.5 Å². The number of carbonyl (C=O) groups is 2. The van der Waals surface area contributed by atoms with Gasteiger partial charge in [-0.05, 0) is 28.3 Å². The van der Waals surface area contributed by atoms with Crippen molar-refractivity contribution in [3.63, 3.8) is 0 Å². The summed E-state index contributed by atoms with van der Waals surface area (Å²) in [7, 11) is 0.864. The molecular formula is C16H20N2O2S2. The van der Waals surface area contributed by atoms with Crippen LogP contribution in [0.1, 0.15) is 25.8 Å². The lowest BCUT2D eigenvalue weighted by Gasteiger charge is -2.21. The molecule has 22 heavy (non-hydrogen) atoms. The number of nitrogens with one attached hydrogen (secondary N) is 2. The van der Waals surface area contributed by atoms with Crippen LogP contribution in [0.15, 0.2) is 30.5 Å². The topological polar surface area (TPSA) is 62.0 Å². The number of aromatic nitrogens is 1. The minimum Gasteiger partial charge on any atom is -0.361 e. The number of rotatable bonds is 6. The quantitative estimate of drug-likeness (QED) is 0.560. The second kappa shape index (κ2) is 7.74. The molecule has 2 atom stereocenters. The molecule has 2 N–H and O–H groups in total. The Balaban J connectivity index is 2.09. The number of benzene rings is 1. The van der Waals surface area contributed by atoms with E-state index in [9.17, 15) is 9.59 Å². The summed E-state index contributed by atoms with van der Waals surface area (Å²) >= 11 is 3.96. The van der Waals surface area contributed by atoms with E-state index in [-0.39, 0.29) is 23.4 Å². The third kappa shape index (κ3) is 3.87. The molecule has 0 spiro atoms. The van der Waals surface area contributed by atoms with E-state index < -0.39 is 6.04 Å². The highest BCUT2D eigenvalue weighted by molar-refractivity contribution is 8.74. The standard InChI is InChI=1S/C16H20N2O2S2/c1-3-10(2)15(16(20)22-21)18-14(19)8-11-9-17-13-7-5-4-6-12(11)13/h4-7,9-10,15,17,21H,3,8H2,1-2H3,(H,18,19)/t10-,15-/m0/s1. The van der Waals surface area contributed by atoms with Gasteiger partial charge in [-0.3, -0.25) is 9.59 Å². The Hall–Kier alpha value is -1.40. The molecule has 6 heteroatoms. The number of aromatic amines is 1.